The molecule has 1 amide bonds. The van der Waals surface area contributed by atoms with Crippen LogP contribution in [0, 0.1) is 0 Å². The molecule has 0 spiro atoms. The first-order valence-corrected chi connectivity index (χ1v) is 10.6. The van der Waals surface area contributed by atoms with Gasteiger partial charge in [0.25, 0.3) is 0 Å². The Hall–Kier alpha value is -2.49. The summed E-state index contributed by atoms with van der Waals surface area (Å²) >= 11 is 0. The van der Waals surface area contributed by atoms with Crippen LogP contribution in [0.5, 0.6) is 11.5 Å². The fourth-order valence-corrected chi connectivity index (χ4v) is 3.16. The maximum Gasteiger partial charge on any atom is 0.221 e. The second-order valence-electron chi connectivity index (χ2n) is 7.30. The standard InChI is InChI=1S/C24H34N4O3.HI/c1-6-25-24(26-14-13-17(2)20-8-10-21(30-4)11-9-20)27-16-19-7-12-23(31-5)22(15-19)28-18(3)29;/h7-12,15,17H,6,13-14,16H2,1-5H3,(H,28,29)(H2,25,26,27);1H. The van der Waals surface area contributed by atoms with Crippen LogP contribution in [0.1, 0.15) is 44.2 Å². The highest BCUT2D eigenvalue weighted by atomic mass is 127. The molecule has 0 aromatic heterocycles. The third-order valence-electron chi connectivity index (χ3n) is 4.89. The highest BCUT2D eigenvalue weighted by Gasteiger charge is 2.08. The van der Waals surface area contributed by atoms with Crippen molar-refractivity contribution in [3.63, 3.8) is 0 Å². The van der Waals surface area contributed by atoms with E-state index >= 15 is 0 Å². The van der Waals surface area contributed by atoms with Crippen molar-refractivity contribution in [1.82, 2.24) is 10.6 Å². The van der Waals surface area contributed by atoms with Crippen LogP contribution in [0.4, 0.5) is 5.69 Å². The minimum absolute atomic E-state index is 0. The second kappa shape index (κ2) is 14.5. The average Bonchev–Trinajstić information content (AvgIpc) is 2.77. The Labute approximate surface area is 208 Å². The number of carbonyl (C=O) groups is 1. The summed E-state index contributed by atoms with van der Waals surface area (Å²) in [5.74, 6) is 2.54. The van der Waals surface area contributed by atoms with Crippen molar-refractivity contribution in [2.75, 3.05) is 32.6 Å². The second-order valence-corrected chi connectivity index (χ2v) is 7.30. The Morgan fingerprint density at radius 1 is 1.06 bits per heavy atom. The van der Waals surface area contributed by atoms with E-state index < -0.39 is 0 Å². The van der Waals surface area contributed by atoms with Gasteiger partial charge >= 0.3 is 0 Å². The number of carbonyl (C=O) groups excluding carboxylic acids is 1. The maximum absolute atomic E-state index is 11.4. The molecule has 2 rings (SSSR count). The van der Waals surface area contributed by atoms with Gasteiger partial charge in [-0.3, -0.25) is 4.79 Å². The Morgan fingerprint density at radius 3 is 2.38 bits per heavy atom. The molecular weight excluding hydrogens is 519 g/mol. The first kappa shape index (κ1) is 27.5. The number of guanidine groups is 1. The summed E-state index contributed by atoms with van der Waals surface area (Å²) in [7, 11) is 3.26. The summed E-state index contributed by atoms with van der Waals surface area (Å²) in [5, 5.41) is 9.48. The van der Waals surface area contributed by atoms with Crippen molar-refractivity contribution in [2.24, 2.45) is 4.99 Å². The van der Waals surface area contributed by atoms with E-state index in [-0.39, 0.29) is 29.9 Å². The zero-order chi connectivity index (χ0) is 22.6. The summed E-state index contributed by atoms with van der Waals surface area (Å²) in [6.45, 7) is 7.80. The van der Waals surface area contributed by atoms with Gasteiger partial charge in [-0.05, 0) is 54.7 Å². The molecule has 0 aliphatic rings. The van der Waals surface area contributed by atoms with Gasteiger partial charge in [-0.1, -0.05) is 25.1 Å². The van der Waals surface area contributed by atoms with E-state index in [2.05, 4.69) is 40.0 Å². The number of benzene rings is 2. The largest absolute Gasteiger partial charge is 0.497 e. The molecule has 176 valence electrons. The summed E-state index contributed by atoms with van der Waals surface area (Å²) in [6.07, 6.45) is 0.978. The SMILES string of the molecule is CCNC(=NCc1ccc(OC)c(NC(C)=O)c1)NCCC(C)c1ccc(OC)cc1.I. The van der Waals surface area contributed by atoms with Crippen molar-refractivity contribution in [3.05, 3.63) is 53.6 Å². The Kier molecular flexibility index (Phi) is 12.5. The van der Waals surface area contributed by atoms with E-state index in [4.69, 9.17) is 9.47 Å². The predicted octanol–water partition coefficient (Wildman–Crippen LogP) is 4.53. The fourth-order valence-electron chi connectivity index (χ4n) is 3.16. The lowest BCUT2D eigenvalue weighted by molar-refractivity contribution is -0.114. The van der Waals surface area contributed by atoms with Crippen molar-refractivity contribution >= 4 is 41.5 Å². The van der Waals surface area contributed by atoms with Crippen LogP contribution in [0.2, 0.25) is 0 Å². The average molecular weight is 554 g/mol. The molecule has 7 nitrogen and oxygen atoms in total. The van der Waals surface area contributed by atoms with E-state index in [0.29, 0.717) is 23.9 Å². The molecule has 0 aliphatic heterocycles. The van der Waals surface area contributed by atoms with Gasteiger partial charge in [0.05, 0.1) is 26.5 Å². The molecule has 0 heterocycles. The van der Waals surface area contributed by atoms with Gasteiger partial charge in [0.1, 0.15) is 11.5 Å². The molecule has 3 N–H and O–H groups in total. The number of ether oxygens (including phenoxy) is 2. The predicted molar refractivity (Wildman–Crippen MR) is 142 cm³/mol. The first-order chi connectivity index (χ1) is 15.0. The minimum Gasteiger partial charge on any atom is -0.497 e. The zero-order valence-corrected chi connectivity index (χ0v) is 21.9. The van der Waals surface area contributed by atoms with Crippen LogP contribution in [0.25, 0.3) is 0 Å². The molecule has 0 saturated carbocycles. The number of nitrogens with zero attached hydrogens (tertiary/aromatic N) is 1. The van der Waals surface area contributed by atoms with Gasteiger partial charge in [0, 0.05) is 20.0 Å². The third kappa shape index (κ3) is 8.94. The first-order valence-electron chi connectivity index (χ1n) is 10.6. The van der Waals surface area contributed by atoms with Gasteiger partial charge in [0.2, 0.25) is 5.91 Å². The molecule has 0 fully saturated rings. The minimum atomic E-state index is -0.139. The fraction of sp³-hybridized carbons (Fsp3) is 0.417. The van der Waals surface area contributed by atoms with Gasteiger partial charge in [-0.15, -0.1) is 24.0 Å². The lowest BCUT2D eigenvalue weighted by Gasteiger charge is -2.15. The van der Waals surface area contributed by atoms with Crippen molar-refractivity contribution in [1.29, 1.82) is 0 Å². The lowest BCUT2D eigenvalue weighted by atomic mass is 9.98. The van der Waals surface area contributed by atoms with Crippen LogP contribution in [0.3, 0.4) is 0 Å². The molecule has 0 bridgehead atoms. The number of hydrogen-bond donors (Lipinski definition) is 3. The molecule has 1 unspecified atom stereocenters. The molecule has 2 aromatic rings. The quantitative estimate of drug-likeness (QED) is 0.229. The molecule has 0 saturated heterocycles. The third-order valence-corrected chi connectivity index (χ3v) is 4.89. The van der Waals surface area contributed by atoms with E-state index in [1.807, 2.05) is 37.3 Å². The summed E-state index contributed by atoms with van der Waals surface area (Å²) in [5.41, 5.74) is 2.91. The van der Waals surface area contributed by atoms with Crippen LogP contribution < -0.4 is 25.4 Å². The van der Waals surface area contributed by atoms with Crippen LogP contribution >= 0.6 is 24.0 Å². The van der Waals surface area contributed by atoms with Crippen LogP contribution in [0.15, 0.2) is 47.5 Å². The highest BCUT2D eigenvalue weighted by molar-refractivity contribution is 14.0. The zero-order valence-electron chi connectivity index (χ0n) is 19.5. The number of anilines is 1. The molecule has 8 heteroatoms. The molecule has 0 radical (unpaired) electrons. The van der Waals surface area contributed by atoms with E-state index in [1.165, 1.54) is 12.5 Å². The molecule has 0 aliphatic carbocycles. The van der Waals surface area contributed by atoms with Crippen molar-refractivity contribution in [3.8, 4) is 11.5 Å². The van der Waals surface area contributed by atoms with E-state index in [9.17, 15) is 4.79 Å². The molecule has 32 heavy (non-hydrogen) atoms. The van der Waals surface area contributed by atoms with E-state index in [0.717, 1.165) is 36.8 Å². The molecule has 1 atom stereocenters. The Bertz CT molecular complexity index is 872. The van der Waals surface area contributed by atoms with Gasteiger partial charge in [0.15, 0.2) is 5.96 Å². The smallest absolute Gasteiger partial charge is 0.221 e. The number of hydrogen-bond acceptors (Lipinski definition) is 4. The number of halogens is 1. The maximum atomic E-state index is 11.4. The number of aliphatic imine (C=N–C) groups is 1. The highest BCUT2D eigenvalue weighted by Crippen LogP contribution is 2.26. The lowest BCUT2D eigenvalue weighted by Crippen LogP contribution is -2.38. The number of methoxy groups -OCH3 is 2. The van der Waals surface area contributed by atoms with Crippen molar-refractivity contribution in [2.45, 2.75) is 39.7 Å². The van der Waals surface area contributed by atoms with Crippen LogP contribution in [-0.2, 0) is 11.3 Å². The van der Waals surface area contributed by atoms with Gasteiger partial charge < -0.3 is 25.4 Å². The van der Waals surface area contributed by atoms with Crippen molar-refractivity contribution < 1.29 is 14.3 Å². The summed E-state index contributed by atoms with van der Waals surface area (Å²) in [6, 6.07) is 13.9. The number of amides is 1. The Balaban J connectivity index is 0.00000512. The topological polar surface area (TPSA) is 84.0 Å². The van der Waals surface area contributed by atoms with Gasteiger partial charge in [-0.25, -0.2) is 4.99 Å². The number of nitrogens with one attached hydrogen (secondary N) is 3. The normalized spacial score (nSPS) is 11.7. The van der Waals surface area contributed by atoms with Gasteiger partial charge in [-0.2, -0.15) is 0 Å². The molecular formula is C24H35IN4O3. The Morgan fingerprint density at radius 2 is 1.78 bits per heavy atom. The van der Waals surface area contributed by atoms with Crippen LogP contribution in [-0.4, -0.2) is 39.2 Å². The molecule has 2 aromatic carbocycles. The monoisotopic (exact) mass is 554 g/mol. The summed E-state index contributed by atoms with van der Waals surface area (Å²) in [4.78, 5) is 16.1. The van der Waals surface area contributed by atoms with E-state index in [1.54, 1.807) is 14.2 Å². The number of rotatable bonds is 10. The summed E-state index contributed by atoms with van der Waals surface area (Å²) < 4.78 is 10.5.